The molecule has 0 aliphatic heterocycles. The monoisotopic (exact) mass is 544 g/mol. The molecule has 0 bridgehead atoms. The number of rotatable bonds is 14. The summed E-state index contributed by atoms with van der Waals surface area (Å²) in [5, 5.41) is 29.6. The fourth-order valence-electron chi connectivity index (χ4n) is 3.58. The Morgan fingerprint density at radius 2 is 2.00 bits per heavy atom. The Morgan fingerprint density at radius 3 is 2.63 bits per heavy atom. The molecule has 3 aromatic rings. The van der Waals surface area contributed by atoms with Crippen molar-refractivity contribution in [3.63, 3.8) is 0 Å². The number of carboxylic acids is 1. The van der Waals surface area contributed by atoms with Crippen LogP contribution in [0.5, 0.6) is 0 Å². The first kappa shape index (κ1) is 28.4. The molecule has 13 nitrogen and oxygen atoms in total. The fraction of sp³-hybridized carbons (Fsp3) is 0.375. The highest BCUT2D eigenvalue weighted by molar-refractivity contribution is 7.99. The molecule has 2 heterocycles. The van der Waals surface area contributed by atoms with Gasteiger partial charge >= 0.3 is 5.97 Å². The van der Waals surface area contributed by atoms with Gasteiger partial charge in [0.05, 0.1) is 24.8 Å². The summed E-state index contributed by atoms with van der Waals surface area (Å²) in [6.07, 6.45) is 2.26. The molecule has 202 valence electrons. The molecule has 0 radical (unpaired) electrons. The molecule has 2 atom stereocenters. The number of benzene rings is 1. The molecule has 1 aromatic carbocycles. The van der Waals surface area contributed by atoms with E-state index in [-0.39, 0.29) is 40.8 Å². The zero-order valence-electron chi connectivity index (χ0n) is 20.8. The van der Waals surface area contributed by atoms with Crippen LogP contribution in [0.2, 0.25) is 0 Å². The van der Waals surface area contributed by atoms with Gasteiger partial charge in [-0.05, 0) is 16.9 Å². The van der Waals surface area contributed by atoms with Crippen molar-refractivity contribution in [2.45, 2.75) is 51.1 Å². The van der Waals surface area contributed by atoms with E-state index in [9.17, 15) is 29.5 Å². The molecule has 0 saturated heterocycles. The van der Waals surface area contributed by atoms with E-state index in [1.807, 2.05) is 30.3 Å². The Morgan fingerprint density at radius 1 is 1.26 bits per heavy atom. The number of nitrogens with zero attached hydrogens (tertiary/aromatic N) is 4. The first-order chi connectivity index (χ1) is 18.2. The highest BCUT2D eigenvalue weighted by Gasteiger charge is 2.28. The van der Waals surface area contributed by atoms with Gasteiger partial charge in [-0.25, -0.2) is 4.98 Å². The van der Waals surface area contributed by atoms with Crippen molar-refractivity contribution < 1.29 is 29.0 Å². The number of carbonyl (C=O) groups excluding carboxylic acids is 2. The molecule has 14 heteroatoms. The standard InChI is InChI=1S/C24H28N6O7S/c1-3-19(29-10-9-25-22(24(29)35)26-12-18-15(2)30(36)37-28-18)23(34)27-17(11-21(32)33)20(31)14-38-13-16-7-5-4-6-8-16/h4-10,17,19H,3,11-14H2,1-2H3,(H,25,26)(H,27,34)(H,32,33). The van der Waals surface area contributed by atoms with Crippen molar-refractivity contribution in [3.8, 4) is 0 Å². The summed E-state index contributed by atoms with van der Waals surface area (Å²) in [5.41, 5.74) is 0.893. The van der Waals surface area contributed by atoms with Gasteiger partial charge in [0.25, 0.3) is 5.56 Å². The topological polar surface area (TPSA) is 183 Å². The number of amides is 1. The normalized spacial score (nSPS) is 12.5. The van der Waals surface area contributed by atoms with Crippen molar-refractivity contribution in [2.24, 2.45) is 0 Å². The number of thioether (sulfide) groups is 1. The van der Waals surface area contributed by atoms with Gasteiger partial charge in [0.15, 0.2) is 17.3 Å². The zero-order valence-corrected chi connectivity index (χ0v) is 21.6. The minimum Gasteiger partial charge on any atom is -0.481 e. The molecule has 1 amide bonds. The van der Waals surface area contributed by atoms with Gasteiger partial charge in [0, 0.05) is 30.2 Å². The lowest BCUT2D eigenvalue weighted by Crippen LogP contribution is -2.47. The fourth-order valence-corrected chi connectivity index (χ4v) is 4.51. The number of carboxylic acid groups (broad SMARTS) is 1. The molecular weight excluding hydrogens is 516 g/mol. The van der Waals surface area contributed by atoms with Crippen LogP contribution in [-0.4, -0.2) is 49.3 Å². The maximum Gasteiger partial charge on any atom is 0.305 e. The molecular formula is C24H28N6O7S. The Labute approximate surface area is 221 Å². The number of ketones is 1. The van der Waals surface area contributed by atoms with Gasteiger partial charge in [0.2, 0.25) is 11.6 Å². The van der Waals surface area contributed by atoms with E-state index in [2.05, 4.69) is 25.4 Å². The second kappa shape index (κ2) is 13.4. The molecule has 0 saturated carbocycles. The SMILES string of the molecule is CCC(C(=O)NC(CC(=O)O)C(=O)CSCc1ccccc1)n1ccnc(NCc2no[n+]([O-])c2C)c1=O. The lowest BCUT2D eigenvalue weighted by Gasteiger charge is -2.22. The molecule has 3 N–H and O–H groups in total. The predicted molar refractivity (Wildman–Crippen MR) is 137 cm³/mol. The van der Waals surface area contributed by atoms with Crippen LogP contribution in [0, 0.1) is 12.1 Å². The van der Waals surface area contributed by atoms with Crippen LogP contribution in [0.15, 0.2) is 52.1 Å². The second-order valence-electron chi connectivity index (χ2n) is 8.33. The van der Waals surface area contributed by atoms with Crippen molar-refractivity contribution in [3.05, 3.63) is 75.2 Å². The van der Waals surface area contributed by atoms with Gasteiger partial charge < -0.3 is 20.9 Å². The van der Waals surface area contributed by atoms with Crippen LogP contribution in [0.3, 0.4) is 0 Å². The number of carbonyl (C=O) groups is 3. The van der Waals surface area contributed by atoms with Gasteiger partial charge in [-0.1, -0.05) is 37.3 Å². The van der Waals surface area contributed by atoms with Crippen LogP contribution in [0.1, 0.15) is 42.8 Å². The van der Waals surface area contributed by atoms with E-state index in [4.69, 9.17) is 0 Å². The quantitative estimate of drug-likeness (QED) is 0.248. The highest BCUT2D eigenvalue weighted by atomic mass is 32.2. The number of aliphatic carboxylic acids is 1. The van der Waals surface area contributed by atoms with Gasteiger partial charge in [0.1, 0.15) is 6.04 Å². The van der Waals surface area contributed by atoms with Crippen molar-refractivity contribution >= 4 is 35.2 Å². The summed E-state index contributed by atoms with van der Waals surface area (Å²) < 4.78 is 5.65. The first-order valence-corrected chi connectivity index (χ1v) is 12.9. The lowest BCUT2D eigenvalue weighted by atomic mass is 10.1. The Balaban J connectivity index is 1.69. The minimum absolute atomic E-state index is 0.0119. The summed E-state index contributed by atoms with van der Waals surface area (Å²) in [6, 6.07) is 7.22. The Hall–Kier alpha value is -4.20. The summed E-state index contributed by atoms with van der Waals surface area (Å²) >= 11 is 1.32. The molecule has 2 aromatic heterocycles. The second-order valence-corrected chi connectivity index (χ2v) is 9.32. The Bertz CT molecular complexity index is 1330. The third-order valence-electron chi connectivity index (χ3n) is 5.67. The maximum absolute atomic E-state index is 13.1. The summed E-state index contributed by atoms with van der Waals surface area (Å²) in [7, 11) is 0. The van der Waals surface area contributed by atoms with Crippen LogP contribution in [-0.2, 0) is 26.7 Å². The van der Waals surface area contributed by atoms with E-state index in [0.717, 1.165) is 10.1 Å². The highest BCUT2D eigenvalue weighted by Crippen LogP contribution is 2.15. The molecule has 2 unspecified atom stereocenters. The van der Waals surface area contributed by atoms with E-state index >= 15 is 0 Å². The van der Waals surface area contributed by atoms with E-state index in [1.54, 1.807) is 6.92 Å². The number of aromatic nitrogens is 4. The average Bonchev–Trinajstić information content (AvgIpc) is 3.21. The van der Waals surface area contributed by atoms with Gasteiger partial charge in [-0.3, -0.25) is 28.4 Å². The lowest BCUT2D eigenvalue weighted by molar-refractivity contribution is -0.806. The van der Waals surface area contributed by atoms with Crippen molar-refractivity contribution in [1.29, 1.82) is 0 Å². The molecule has 38 heavy (non-hydrogen) atoms. The van der Waals surface area contributed by atoms with Crippen molar-refractivity contribution in [1.82, 2.24) is 20.0 Å². The first-order valence-electron chi connectivity index (χ1n) is 11.7. The van der Waals surface area contributed by atoms with E-state index < -0.39 is 41.7 Å². The summed E-state index contributed by atoms with van der Waals surface area (Å²) in [4.78, 5) is 54.6. The number of hydrogen-bond donors (Lipinski definition) is 3. The third-order valence-corrected chi connectivity index (χ3v) is 6.70. The molecule has 3 rings (SSSR count). The van der Waals surface area contributed by atoms with Crippen molar-refractivity contribution in [2.75, 3.05) is 11.1 Å². The van der Waals surface area contributed by atoms with E-state index in [1.165, 1.54) is 31.1 Å². The van der Waals surface area contributed by atoms with Gasteiger partial charge in [-0.2, -0.15) is 0 Å². The number of hydrogen-bond acceptors (Lipinski definition) is 10. The number of anilines is 1. The van der Waals surface area contributed by atoms with Crippen LogP contribution < -0.4 is 21.1 Å². The average molecular weight is 545 g/mol. The minimum atomic E-state index is -1.25. The number of nitrogens with one attached hydrogen (secondary N) is 2. The van der Waals surface area contributed by atoms with Crippen LogP contribution in [0.4, 0.5) is 5.82 Å². The predicted octanol–water partition coefficient (Wildman–Crippen LogP) is 1.20. The maximum atomic E-state index is 13.1. The smallest absolute Gasteiger partial charge is 0.305 e. The molecule has 0 aliphatic carbocycles. The molecule has 0 aliphatic rings. The Kier molecular flexibility index (Phi) is 9.99. The van der Waals surface area contributed by atoms with Crippen LogP contribution in [0.25, 0.3) is 0 Å². The molecule has 0 fully saturated rings. The van der Waals surface area contributed by atoms with Gasteiger partial charge in [-0.15, -0.1) is 11.8 Å². The largest absolute Gasteiger partial charge is 0.481 e. The zero-order chi connectivity index (χ0) is 27.7. The van der Waals surface area contributed by atoms with E-state index in [0.29, 0.717) is 5.75 Å². The van der Waals surface area contributed by atoms with Crippen LogP contribution >= 0.6 is 11.8 Å². The summed E-state index contributed by atoms with van der Waals surface area (Å²) in [6.45, 7) is 3.17. The number of Topliss-reactive ketones (excluding diaryl/α,β-unsaturated/α-hetero) is 1. The molecule has 0 spiro atoms. The third kappa shape index (κ3) is 7.41. The summed E-state index contributed by atoms with van der Waals surface area (Å²) in [5.74, 6) is -1.85.